The molecule has 4 atom stereocenters. The van der Waals surface area contributed by atoms with E-state index in [1.807, 2.05) is 0 Å². The molecule has 0 aromatic rings. The minimum absolute atomic E-state index is 0.342. The quantitative estimate of drug-likeness (QED) is 0.356. The summed E-state index contributed by atoms with van der Waals surface area (Å²) >= 11 is 21.5. The first-order valence-corrected chi connectivity index (χ1v) is 10.1. The van der Waals surface area contributed by atoms with E-state index in [-0.39, 0.29) is 6.42 Å². The number of nitrogens with one attached hydrogen (secondary N) is 1. The van der Waals surface area contributed by atoms with Gasteiger partial charge in [-0.1, -0.05) is 50.7 Å². The van der Waals surface area contributed by atoms with Crippen LogP contribution in [0, 0.1) is 11.3 Å². The second-order valence-corrected chi connectivity index (χ2v) is 10.4. The van der Waals surface area contributed by atoms with Gasteiger partial charge in [0.15, 0.2) is 0 Å². The number of carbonyl (C=O) groups is 3. The summed E-state index contributed by atoms with van der Waals surface area (Å²) in [7, 11) is 0. The first-order chi connectivity index (χ1) is 11.5. The fourth-order valence-corrected chi connectivity index (χ4v) is 5.13. The van der Waals surface area contributed by atoms with Gasteiger partial charge < -0.3 is 15.0 Å². The Kier molecular flexibility index (Phi) is 6.43. The maximum atomic E-state index is 12.5. The molecule has 0 aromatic heterocycles. The minimum Gasteiger partial charge on any atom is -0.460 e. The van der Waals surface area contributed by atoms with Crippen molar-refractivity contribution in [2.75, 3.05) is 11.9 Å². The number of halogens is 4. The van der Waals surface area contributed by atoms with Gasteiger partial charge >= 0.3 is 5.97 Å². The van der Waals surface area contributed by atoms with Gasteiger partial charge in [0.1, 0.15) is 30.5 Å². The fourth-order valence-electron chi connectivity index (χ4n) is 2.65. The standard InChI is InChI=1S/C13H13BrCl3N3O4S/c1-12(4-14)8(11(23)24-5-13(15,16)17)20-9(22)7(10(20)25-12)19-6(21)2-3-18/h7-8,10H,2,4-5H2,1H3,(H,19,21)/t7?,8?,10-,12?/m0/s1. The van der Waals surface area contributed by atoms with Gasteiger partial charge in [-0.05, 0) is 6.92 Å². The number of β-lactam (4-membered cyclic amide) rings is 1. The first-order valence-electron chi connectivity index (χ1n) is 7.00. The number of fused-ring (bicyclic) bond motifs is 1. The van der Waals surface area contributed by atoms with Gasteiger partial charge in [-0.2, -0.15) is 5.26 Å². The van der Waals surface area contributed by atoms with E-state index in [1.54, 1.807) is 13.0 Å². The van der Waals surface area contributed by atoms with Crippen molar-refractivity contribution in [3.8, 4) is 6.07 Å². The Morgan fingerprint density at radius 3 is 2.68 bits per heavy atom. The molecule has 0 saturated carbocycles. The average molecular weight is 494 g/mol. The molecule has 2 aliphatic rings. The van der Waals surface area contributed by atoms with Crippen LogP contribution in [0.15, 0.2) is 0 Å². The molecule has 2 fully saturated rings. The average Bonchev–Trinajstić information content (AvgIpc) is 2.81. The molecule has 0 bridgehead atoms. The van der Waals surface area contributed by atoms with Crippen molar-refractivity contribution >= 4 is 80.3 Å². The third-order valence-corrected chi connectivity index (χ3v) is 7.26. The molecule has 138 valence electrons. The molecule has 12 heteroatoms. The Morgan fingerprint density at radius 2 is 2.16 bits per heavy atom. The van der Waals surface area contributed by atoms with Crippen LogP contribution in [0.1, 0.15) is 13.3 Å². The SMILES string of the molecule is CC1(CBr)S[C@H]2C(NC(=O)CC#N)C(=O)N2C1C(=O)OCC(Cl)(Cl)Cl. The third kappa shape index (κ3) is 4.30. The molecule has 25 heavy (non-hydrogen) atoms. The minimum atomic E-state index is -1.75. The zero-order chi connectivity index (χ0) is 19.0. The van der Waals surface area contributed by atoms with Crippen molar-refractivity contribution in [2.24, 2.45) is 0 Å². The van der Waals surface area contributed by atoms with E-state index >= 15 is 0 Å². The Hall–Kier alpha value is -0.400. The second-order valence-electron chi connectivity index (χ2n) is 5.71. The van der Waals surface area contributed by atoms with E-state index in [2.05, 4.69) is 21.2 Å². The number of nitriles is 1. The predicted molar refractivity (Wildman–Crippen MR) is 97.6 cm³/mol. The van der Waals surface area contributed by atoms with Crippen molar-refractivity contribution < 1.29 is 19.1 Å². The number of nitrogens with zero attached hydrogens (tertiary/aromatic N) is 2. The predicted octanol–water partition coefficient (Wildman–Crippen LogP) is 1.74. The lowest BCUT2D eigenvalue weighted by atomic mass is 9.96. The van der Waals surface area contributed by atoms with Gasteiger partial charge in [-0.15, -0.1) is 11.8 Å². The van der Waals surface area contributed by atoms with E-state index in [0.717, 1.165) is 0 Å². The topological polar surface area (TPSA) is 99.5 Å². The van der Waals surface area contributed by atoms with E-state index in [1.165, 1.54) is 16.7 Å². The molecule has 0 spiro atoms. The summed E-state index contributed by atoms with van der Waals surface area (Å²) in [6, 6.07) is 0.0522. The zero-order valence-electron chi connectivity index (χ0n) is 12.8. The van der Waals surface area contributed by atoms with E-state index in [4.69, 9.17) is 44.8 Å². The first kappa shape index (κ1) is 20.9. The van der Waals surface area contributed by atoms with Crippen LogP contribution in [0.25, 0.3) is 0 Å². The summed E-state index contributed by atoms with van der Waals surface area (Å²) in [6.07, 6.45) is -0.342. The number of thioether (sulfide) groups is 1. The van der Waals surface area contributed by atoms with Gasteiger partial charge in [0.05, 0.1) is 10.8 Å². The summed E-state index contributed by atoms with van der Waals surface area (Å²) in [6.45, 7) is 1.36. The van der Waals surface area contributed by atoms with Crippen LogP contribution in [-0.4, -0.2) is 60.6 Å². The molecular weight excluding hydrogens is 480 g/mol. The van der Waals surface area contributed by atoms with Crippen LogP contribution < -0.4 is 5.32 Å². The molecule has 3 unspecified atom stereocenters. The smallest absolute Gasteiger partial charge is 0.330 e. The molecule has 2 rings (SSSR count). The Labute approximate surface area is 171 Å². The lowest BCUT2D eigenvalue weighted by Crippen LogP contribution is -2.71. The monoisotopic (exact) mass is 491 g/mol. The number of hydrogen-bond donors (Lipinski definition) is 1. The summed E-state index contributed by atoms with van der Waals surface area (Å²) in [5.74, 6) is -1.63. The highest BCUT2D eigenvalue weighted by Crippen LogP contribution is 2.52. The van der Waals surface area contributed by atoms with E-state index in [9.17, 15) is 14.4 Å². The molecule has 0 aromatic carbocycles. The number of alkyl halides is 4. The molecular formula is C13H13BrCl3N3O4S. The number of rotatable bonds is 5. The van der Waals surface area contributed by atoms with Crippen molar-refractivity contribution in [3.63, 3.8) is 0 Å². The molecule has 2 saturated heterocycles. The van der Waals surface area contributed by atoms with Gasteiger partial charge in [-0.25, -0.2) is 4.79 Å². The largest absolute Gasteiger partial charge is 0.460 e. The Bertz CT molecular complexity index is 641. The van der Waals surface area contributed by atoms with Gasteiger partial charge in [0, 0.05) is 5.33 Å². The highest BCUT2D eigenvalue weighted by atomic mass is 79.9. The summed E-state index contributed by atoms with van der Waals surface area (Å²) in [5, 5.41) is 11.0. The Balaban J connectivity index is 2.13. The lowest BCUT2D eigenvalue weighted by Gasteiger charge is -2.43. The van der Waals surface area contributed by atoms with Crippen molar-refractivity contribution in [1.29, 1.82) is 5.26 Å². The van der Waals surface area contributed by atoms with Crippen molar-refractivity contribution in [1.82, 2.24) is 10.2 Å². The van der Waals surface area contributed by atoms with Gasteiger partial charge in [0.25, 0.3) is 0 Å². The lowest BCUT2D eigenvalue weighted by molar-refractivity contribution is -0.164. The molecule has 0 radical (unpaired) electrons. The third-order valence-electron chi connectivity index (χ3n) is 3.75. The number of ether oxygens (including phenoxy) is 1. The molecule has 2 aliphatic heterocycles. The normalized spacial score (nSPS) is 31.0. The maximum absolute atomic E-state index is 12.5. The highest BCUT2D eigenvalue weighted by Gasteiger charge is 2.65. The van der Waals surface area contributed by atoms with Crippen LogP contribution in [0.5, 0.6) is 0 Å². The second kappa shape index (κ2) is 7.69. The summed E-state index contributed by atoms with van der Waals surface area (Å²) in [4.78, 5) is 37.8. The molecule has 7 nitrogen and oxygen atoms in total. The number of hydrogen-bond acceptors (Lipinski definition) is 6. The zero-order valence-corrected chi connectivity index (χ0v) is 17.5. The van der Waals surface area contributed by atoms with Gasteiger partial charge in [0.2, 0.25) is 15.6 Å². The fraction of sp³-hybridized carbons (Fsp3) is 0.692. The Morgan fingerprint density at radius 1 is 1.52 bits per heavy atom. The number of carbonyl (C=O) groups excluding carboxylic acids is 3. The van der Waals surface area contributed by atoms with Crippen LogP contribution in [0.3, 0.4) is 0 Å². The van der Waals surface area contributed by atoms with Gasteiger partial charge in [-0.3, -0.25) is 9.59 Å². The van der Waals surface area contributed by atoms with Crippen LogP contribution in [0.4, 0.5) is 0 Å². The molecule has 2 amide bonds. The molecule has 0 aliphatic carbocycles. The number of esters is 1. The summed E-state index contributed by atoms with van der Waals surface area (Å²) in [5.41, 5.74) is 0. The van der Waals surface area contributed by atoms with Crippen molar-refractivity contribution in [3.05, 3.63) is 0 Å². The number of amides is 2. The molecule has 1 N–H and O–H groups in total. The molecule has 2 heterocycles. The van der Waals surface area contributed by atoms with E-state index in [0.29, 0.717) is 5.33 Å². The highest BCUT2D eigenvalue weighted by molar-refractivity contribution is 9.09. The van der Waals surface area contributed by atoms with Crippen LogP contribution in [-0.2, 0) is 19.1 Å². The van der Waals surface area contributed by atoms with E-state index < -0.39 is 50.4 Å². The van der Waals surface area contributed by atoms with Crippen LogP contribution >= 0.6 is 62.5 Å². The van der Waals surface area contributed by atoms with Crippen LogP contribution in [0.2, 0.25) is 0 Å². The maximum Gasteiger partial charge on any atom is 0.330 e. The summed E-state index contributed by atoms with van der Waals surface area (Å²) < 4.78 is 2.62. The van der Waals surface area contributed by atoms with Crippen molar-refractivity contribution in [2.45, 2.75) is 39.3 Å².